The zero-order chi connectivity index (χ0) is 17.4. The van der Waals surface area contributed by atoms with E-state index in [-0.39, 0.29) is 5.91 Å². The SMILES string of the molecule is C[C@H]1C[C@H](C)CN(C(=O)Cn2cc(C(F)(F)F)cc(Cl)c2=O)C1. The Kier molecular flexibility index (Phi) is 5.08. The number of rotatable bonds is 2. The topological polar surface area (TPSA) is 42.3 Å². The summed E-state index contributed by atoms with van der Waals surface area (Å²) in [5, 5.41) is -0.548. The molecule has 0 aliphatic carbocycles. The number of carbonyl (C=O) groups excluding carboxylic acids is 1. The highest BCUT2D eigenvalue weighted by molar-refractivity contribution is 6.30. The van der Waals surface area contributed by atoms with E-state index in [2.05, 4.69) is 0 Å². The van der Waals surface area contributed by atoms with Gasteiger partial charge < -0.3 is 9.47 Å². The summed E-state index contributed by atoms with van der Waals surface area (Å²) in [6, 6.07) is 0.579. The standard InChI is InChI=1S/C15H18ClF3N2O2/c1-9-3-10(2)6-20(5-9)13(22)8-21-7-11(15(17,18)19)4-12(16)14(21)23/h4,7,9-10H,3,5-6,8H2,1-2H3/t9-,10-/m0/s1. The van der Waals surface area contributed by atoms with Crippen molar-refractivity contribution in [3.8, 4) is 0 Å². The van der Waals surface area contributed by atoms with E-state index in [9.17, 15) is 22.8 Å². The van der Waals surface area contributed by atoms with Gasteiger partial charge in [-0.2, -0.15) is 13.2 Å². The van der Waals surface area contributed by atoms with Crippen molar-refractivity contribution in [3.63, 3.8) is 0 Å². The van der Waals surface area contributed by atoms with Crippen LogP contribution in [0, 0.1) is 11.8 Å². The van der Waals surface area contributed by atoms with Crippen molar-refractivity contribution in [1.82, 2.24) is 9.47 Å². The maximum absolute atomic E-state index is 12.8. The maximum atomic E-state index is 12.8. The lowest BCUT2D eigenvalue weighted by atomic mass is 9.92. The molecule has 2 atom stereocenters. The van der Waals surface area contributed by atoms with Crippen LogP contribution in [0.3, 0.4) is 0 Å². The molecule has 1 aromatic heterocycles. The Morgan fingerprint density at radius 1 is 1.30 bits per heavy atom. The molecule has 1 aromatic rings. The second-order valence-electron chi connectivity index (χ2n) is 6.25. The van der Waals surface area contributed by atoms with Crippen LogP contribution < -0.4 is 5.56 Å². The number of carbonyl (C=O) groups is 1. The third-order valence-electron chi connectivity index (χ3n) is 3.90. The lowest BCUT2D eigenvalue weighted by Gasteiger charge is -2.35. The van der Waals surface area contributed by atoms with E-state index in [1.165, 1.54) is 0 Å². The molecule has 1 fully saturated rings. The smallest absolute Gasteiger partial charge is 0.341 e. The van der Waals surface area contributed by atoms with Crippen molar-refractivity contribution in [3.05, 3.63) is 33.2 Å². The molecular formula is C15H18ClF3N2O2. The molecule has 1 aliphatic heterocycles. The molecule has 2 heterocycles. The number of alkyl halides is 3. The lowest BCUT2D eigenvalue weighted by molar-refractivity contribution is -0.139. The third-order valence-corrected chi connectivity index (χ3v) is 4.17. The third kappa shape index (κ3) is 4.28. The van der Waals surface area contributed by atoms with Gasteiger partial charge in [0.2, 0.25) is 5.91 Å². The molecule has 8 heteroatoms. The molecule has 0 N–H and O–H groups in total. The number of likely N-dealkylation sites (tertiary alicyclic amines) is 1. The van der Waals surface area contributed by atoms with Crippen LogP contribution in [0.4, 0.5) is 13.2 Å². The molecule has 2 rings (SSSR count). The van der Waals surface area contributed by atoms with Crippen LogP contribution in [-0.2, 0) is 17.5 Å². The normalized spacial score (nSPS) is 22.3. The highest BCUT2D eigenvalue weighted by Crippen LogP contribution is 2.29. The van der Waals surface area contributed by atoms with Crippen molar-refractivity contribution >= 4 is 17.5 Å². The molecule has 0 unspecified atom stereocenters. The molecule has 1 amide bonds. The summed E-state index contributed by atoms with van der Waals surface area (Å²) in [6.45, 7) is 4.68. The Labute approximate surface area is 136 Å². The van der Waals surface area contributed by atoms with Gasteiger partial charge in [0, 0.05) is 19.3 Å². The van der Waals surface area contributed by atoms with Crippen LogP contribution in [-0.4, -0.2) is 28.5 Å². The Hall–Kier alpha value is -1.50. The van der Waals surface area contributed by atoms with Gasteiger partial charge in [-0.15, -0.1) is 0 Å². The Morgan fingerprint density at radius 2 is 1.87 bits per heavy atom. The summed E-state index contributed by atoms with van der Waals surface area (Å²) in [6.07, 6.45) is -2.99. The van der Waals surface area contributed by atoms with Crippen LogP contribution in [0.2, 0.25) is 5.02 Å². The predicted octanol–water partition coefficient (Wildman–Crippen LogP) is 3.03. The minimum Gasteiger partial charge on any atom is -0.341 e. The van der Waals surface area contributed by atoms with Gasteiger partial charge in [0.05, 0.1) is 5.56 Å². The second kappa shape index (κ2) is 6.55. The van der Waals surface area contributed by atoms with Gasteiger partial charge in [0.25, 0.3) is 5.56 Å². The maximum Gasteiger partial charge on any atom is 0.417 e. The predicted molar refractivity (Wildman–Crippen MR) is 80.2 cm³/mol. The first-order chi connectivity index (χ1) is 10.6. The van der Waals surface area contributed by atoms with E-state index in [4.69, 9.17) is 11.6 Å². The second-order valence-corrected chi connectivity index (χ2v) is 6.66. The summed E-state index contributed by atoms with van der Waals surface area (Å²) >= 11 is 5.58. The number of hydrogen-bond acceptors (Lipinski definition) is 2. The first-order valence-electron chi connectivity index (χ1n) is 7.33. The monoisotopic (exact) mass is 350 g/mol. The average Bonchev–Trinajstić information content (AvgIpc) is 2.41. The zero-order valence-corrected chi connectivity index (χ0v) is 13.6. The lowest BCUT2D eigenvalue weighted by Crippen LogP contribution is -2.45. The first kappa shape index (κ1) is 17.8. The van der Waals surface area contributed by atoms with Gasteiger partial charge >= 0.3 is 6.18 Å². The number of pyridine rings is 1. The molecule has 1 aliphatic rings. The highest BCUT2D eigenvalue weighted by atomic mass is 35.5. The zero-order valence-electron chi connectivity index (χ0n) is 12.9. The fourth-order valence-electron chi connectivity index (χ4n) is 2.98. The van der Waals surface area contributed by atoms with Crippen molar-refractivity contribution in [2.24, 2.45) is 11.8 Å². The molecule has 128 valence electrons. The number of nitrogens with zero attached hydrogens (tertiary/aromatic N) is 2. The van der Waals surface area contributed by atoms with E-state index in [1.807, 2.05) is 13.8 Å². The summed E-state index contributed by atoms with van der Waals surface area (Å²) in [5.41, 5.74) is -1.85. The largest absolute Gasteiger partial charge is 0.417 e. The number of aromatic nitrogens is 1. The molecule has 0 spiro atoms. The molecule has 23 heavy (non-hydrogen) atoms. The number of hydrogen-bond donors (Lipinski definition) is 0. The van der Waals surface area contributed by atoms with E-state index in [1.54, 1.807) is 4.90 Å². The minimum absolute atomic E-state index is 0.324. The molecule has 0 saturated carbocycles. The van der Waals surface area contributed by atoms with Gasteiger partial charge in [-0.1, -0.05) is 25.4 Å². The molecular weight excluding hydrogens is 333 g/mol. The van der Waals surface area contributed by atoms with Gasteiger partial charge in [-0.05, 0) is 24.3 Å². The number of halogens is 4. The quantitative estimate of drug-likeness (QED) is 0.822. The fraction of sp³-hybridized carbons (Fsp3) is 0.600. The van der Waals surface area contributed by atoms with Gasteiger partial charge in [0.1, 0.15) is 11.6 Å². The fourth-order valence-corrected chi connectivity index (χ4v) is 3.21. The van der Waals surface area contributed by atoms with Crippen molar-refractivity contribution in [1.29, 1.82) is 0 Å². The summed E-state index contributed by atoms with van der Waals surface area (Å²) < 4.78 is 39.1. The molecule has 0 radical (unpaired) electrons. The van der Waals surface area contributed by atoms with E-state index in [0.717, 1.165) is 11.0 Å². The molecule has 4 nitrogen and oxygen atoms in total. The van der Waals surface area contributed by atoms with Crippen molar-refractivity contribution < 1.29 is 18.0 Å². The van der Waals surface area contributed by atoms with E-state index in [0.29, 0.717) is 37.2 Å². The van der Waals surface area contributed by atoms with Crippen LogP contribution in [0.25, 0.3) is 0 Å². The Balaban J connectivity index is 2.24. The van der Waals surface area contributed by atoms with Gasteiger partial charge in [0.15, 0.2) is 0 Å². The Morgan fingerprint density at radius 3 is 2.39 bits per heavy atom. The van der Waals surface area contributed by atoms with Crippen molar-refractivity contribution in [2.75, 3.05) is 13.1 Å². The summed E-state index contributed by atoms with van der Waals surface area (Å²) in [4.78, 5) is 25.8. The van der Waals surface area contributed by atoms with E-state index >= 15 is 0 Å². The van der Waals surface area contributed by atoms with Crippen LogP contribution in [0.1, 0.15) is 25.8 Å². The van der Waals surface area contributed by atoms with Gasteiger partial charge in [-0.3, -0.25) is 9.59 Å². The van der Waals surface area contributed by atoms with Crippen LogP contribution >= 0.6 is 11.6 Å². The van der Waals surface area contributed by atoms with Crippen LogP contribution in [0.15, 0.2) is 17.1 Å². The van der Waals surface area contributed by atoms with Gasteiger partial charge in [-0.25, -0.2) is 0 Å². The molecule has 0 aromatic carbocycles. The summed E-state index contributed by atoms with van der Waals surface area (Å²) in [5.74, 6) is 0.273. The minimum atomic E-state index is -4.63. The average molecular weight is 351 g/mol. The van der Waals surface area contributed by atoms with E-state index < -0.39 is 28.9 Å². The van der Waals surface area contributed by atoms with Crippen molar-refractivity contribution in [2.45, 2.75) is 33.0 Å². The Bertz CT molecular complexity index is 647. The number of amides is 1. The van der Waals surface area contributed by atoms with Crippen LogP contribution in [0.5, 0.6) is 0 Å². The molecule has 0 bridgehead atoms. The molecule has 1 saturated heterocycles. The number of piperidine rings is 1. The highest BCUT2D eigenvalue weighted by Gasteiger charge is 2.32. The summed E-state index contributed by atoms with van der Waals surface area (Å²) in [7, 11) is 0. The first-order valence-corrected chi connectivity index (χ1v) is 7.70.